The smallest absolute Gasteiger partial charge is 0.254 e. The Kier molecular flexibility index (Phi) is 3.55. The SMILES string of the molecule is NC(=O)c1cccc(C(=O)N2CCC[C@@H]2c2noc(C3CC3)n2)c1. The normalized spacial score (nSPS) is 20.3. The maximum absolute atomic E-state index is 12.8. The summed E-state index contributed by atoms with van der Waals surface area (Å²) in [7, 11) is 0. The monoisotopic (exact) mass is 326 g/mol. The van der Waals surface area contributed by atoms with Crippen molar-refractivity contribution in [3.63, 3.8) is 0 Å². The van der Waals surface area contributed by atoms with E-state index in [0.717, 1.165) is 25.7 Å². The second-order valence-corrected chi connectivity index (χ2v) is 6.37. The first-order valence-electron chi connectivity index (χ1n) is 8.18. The summed E-state index contributed by atoms with van der Waals surface area (Å²) in [6, 6.07) is 6.31. The number of benzene rings is 1. The molecule has 2 N–H and O–H groups in total. The van der Waals surface area contributed by atoms with Crippen LogP contribution in [0.3, 0.4) is 0 Å². The number of carbonyl (C=O) groups excluding carboxylic acids is 2. The first-order chi connectivity index (χ1) is 11.6. The molecule has 7 heteroatoms. The zero-order chi connectivity index (χ0) is 16.7. The predicted octanol–water partition coefficient (Wildman–Crippen LogP) is 2.02. The second-order valence-electron chi connectivity index (χ2n) is 6.37. The number of rotatable bonds is 4. The Morgan fingerprint density at radius 3 is 2.75 bits per heavy atom. The molecule has 0 radical (unpaired) electrons. The van der Waals surface area contributed by atoms with Gasteiger partial charge in [-0.25, -0.2) is 0 Å². The van der Waals surface area contributed by atoms with Gasteiger partial charge in [0, 0.05) is 23.6 Å². The number of nitrogens with two attached hydrogens (primary N) is 1. The van der Waals surface area contributed by atoms with Crippen molar-refractivity contribution in [2.75, 3.05) is 6.54 Å². The zero-order valence-corrected chi connectivity index (χ0v) is 13.1. The molecule has 0 spiro atoms. The molecule has 2 fully saturated rings. The van der Waals surface area contributed by atoms with Crippen LogP contribution in [0.25, 0.3) is 0 Å². The molecule has 2 amide bonds. The summed E-state index contributed by atoms with van der Waals surface area (Å²) in [5, 5.41) is 4.08. The summed E-state index contributed by atoms with van der Waals surface area (Å²) in [5.41, 5.74) is 6.07. The van der Waals surface area contributed by atoms with Gasteiger partial charge in [-0.1, -0.05) is 11.2 Å². The molecule has 4 rings (SSSR count). The minimum absolute atomic E-state index is 0.140. The number of aromatic nitrogens is 2. The lowest BCUT2D eigenvalue weighted by Crippen LogP contribution is -2.31. The number of hydrogen-bond acceptors (Lipinski definition) is 5. The van der Waals surface area contributed by atoms with Gasteiger partial charge in [0.15, 0.2) is 5.82 Å². The van der Waals surface area contributed by atoms with Gasteiger partial charge >= 0.3 is 0 Å². The summed E-state index contributed by atoms with van der Waals surface area (Å²) in [6.45, 7) is 0.637. The van der Waals surface area contributed by atoms with E-state index in [-0.39, 0.29) is 11.9 Å². The summed E-state index contributed by atoms with van der Waals surface area (Å²) in [6.07, 6.45) is 3.88. The predicted molar refractivity (Wildman–Crippen MR) is 84.2 cm³/mol. The van der Waals surface area contributed by atoms with Crippen LogP contribution in [0.15, 0.2) is 28.8 Å². The Morgan fingerprint density at radius 2 is 2.00 bits per heavy atom. The fourth-order valence-electron chi connectivity index (χ4n) is 3.13. The van der Waals surface area contributed by atoms with Crippen LogP contribution in [0.2, 0.25) is 0 Å². The molecule has 2 aliphatic rings. The Labute approximate surface area is 138 Å². The van der Waals surface area contributed by atoms with Crippen molar-refractivity contribution < 1.29 is 14.1 Å². The number of carbonyl (C=O) groups is 2. The van der Waals surface area contributed by atoms with Gasteiger partial charge in [-0.2, -0.15) is 4.98 Å². The van der Waals surface area contributed by atoms with Gasteiger partial charge in [0.2, 0.25) is 11.8 Å². The minimum Gasteiger partial charge on any atom is -0.366 e. The third-order valence-corrected chi connectivity index (χ3v) is 4.59. The maximum Gasteiger partial charge on any atom is 0.254 e. The number of nitrogens with zero attached hydrogens (tertiary/aromatic N) is 3. The summed E-state index contributed by atoms with van der Waals surface area (Å²) in [4.78, 5) is 30.4. The summed E-state index contributed by atoms with van der Waals surface area (Å²) in [5.74, 6) is 0.964. The molecule has 1 aromatic heterocycles. The van der Waals surface area contributed by atoms with Crippen molar-refractivity contribution in [2.45, 2.75) is 37.6 Å². The second kappa shape index (κ2) is 5.74. The molecule has 1 saturated heterocycles. The summed E-state index contributed by atoms with van der Waals surface area (Å²) < 4.78 is 5.33. The first-order valence-corrected chi connectivity index (χ1v) is 8.18. The largest absolute Gasteiger partial charge is 0.366 e. The fraction of sp³-hybridized carbons (Fsp3) is 0.412. The van der Waals surface area contributed by atoms with Gasteiger partial charge in [0.1, 0.15) is 0 Å². The zero-order valence-electron chi connectivity index (χ0n) is 13.1. The van der Waals surface area contributed by atoms with Crippen molar-refractivity contribution in [2.24, 2.45) is 5.73 Å². The van der Waals surface area contributed by atoms with Crippen molar-refractivity contribution in [1.82, 2.24) is 15.0 Å². The number of amides is 2. The van der Waals surface area contributed by atoms with E-state index in [1.807, 2.05) is 0 Å². The van der Waals surface area contributed by atoms with E-state index in [4.69, 9.17) is 10.3 Å². The van der Waals surface area contributed by atoms with Crippen LogP contribution in [0.1, 0.15) is 70.1 Å². The summed E-state index contributed by atoms with van der Waals surface area (Å²) >= 11 is 0. The highest BCUT2D eigenvalue weighted by atomic mass is 16.5. The third kappa shape index (κ3) is 2.66. The van der Waals surface area contributed by atoms with Crippen LogP contribution in [-0.2, 0) is 0 Å². The van der Waals surface area contributed by atoms with Gasteiger partial charge < -0.3 is 15.2 Å². The average molecular weight is 326 g/mol. The maximum atomic E-state index is 12.8. The highest BCUT2D eigenvalue weighted by Gasteiger charge is 2.36. The molecule has 2 aromatic rings. The van der Waals surface area contributed by atoms with Gasteiger partial charge in [-0.05, 0) is 43.9 Å². The fourth-order valence-corrected chi connectivity index (χ4v) is 3.13. The van der Waals surface area contributed by atoms with Gasteiger partial charge in [-0.15, -0.1) is 0 Å². The van der Waals surface area contributed by atoms with Crippen LogP contribution in [-0.4, -0.2) is 33.4 Å². The molecule has 0 unspecified atom stereocenters. The number of primary amides is 1. The van der Waals surface area contributed by atoms with E-state index in [9.17, 15) is 9.59 Å². The number of likely N-dealkylation sites (tertiary alicyclic amines) is 1. The lowest BCUT2D eigenvalue weighted by molar-refractivity contribution is 0.0728. The molecule has 0 bridgehead atoms. The van der Waals surface area contributed by atoms with Crippen LogP contribution in [0.4, 0.5) is 0 Å². The highest BCUT2D eigenvalue weighted by Crippen LogP contribution is 2.40. The van der Waals surface area contributed by atoms with E-state index in [2.05, 4.69) is 10.1 Å². The van der Waals surface area contributed by atoms with Gasteiger partial charge in [0.25, 0.3) is 5.91 Å². The standard InChI is InChI=1S/C17H18N4O3/c18-14(22)11-3-1-4-12(9-11)17(23)21-8-2-5-13(21)15-19-16(24-20-15)10-6-7-10/h1,3-4,9-10,13H,2,5-8H2,(H2,18,22)/t13-/m1/s1. The van der Waals surface area contributed by atoms with Crippen molar-refractivity contribution in [3.8, 4) is 0 Å². The van der Waals surface area contributed by atoms with Crippen LogP contribution < -0.4 is 5.73 Å². The van der Waals surface area contributed by atoms with E-state index in [0.29, 0.717) is 35.3 Å². The number of hydrogen-bond donors (Lipinski definition) is 1. The lowest BCUT2D eigenvalue weighted by atomic mass is 10.1. The molecule has 124 valence electrons. The average Bonchev–Trinajstić information content (AvgIpc) is 3.12. The Balaban J connectivity index is 1.58. The quantitative estimate of drug-likeness (QED) is 0.926. The Hall–Kier alpha value is -2.70. The van der Waals surface area contributed by atoms with Crippen molar-refractivity contribution >= 4 is 11.8 Å². The van der Waals surface area contributed by atoms with Gasteiger partial charge in [-0.3, -0.25) is 9.59 Å². The highest BCUT2D eigenvalue weighted by molar-refractivity contribution is 5.99. The van der Waals surface area contributed by atoms with Crippen molar-refractivity contribution in [3.05, 3.63) is 47.1 Å². The molecule has 2 heterocycles. The molecule has 1 atom stereocenters. The molecular formula is C17H18N4O3. The van der Waals surface area contributed by atoms with Gasteiger partial charge in [0.05, 0.1) is 6.04 Å². The molecular weight excluding hydrogens is 308 g/mol. The van der Waals surface area contributed by atoms with Crippen molar-refractivity contribution in [1.29, 1.82) is 0 Å². The minimum atomic E-state index is -0.546. The lowest BCUT2D eigenvalue weighted by Gasteiger charge is -2.22. The third-order valence-electron chi connectivity index (χ3n) is 4.59. The van der Waals surface area contributed by atoms with E-state index in [1.54, 1.807) is 23.1 Å². The molecule has 7 nitrogen and oxygen atoms in total. The molecule has 1 aliphatic heterocycles. The van der Waals surface area contributed by atoms with Crippen LogP contribution >= 0.6 is 0 Å². The topological polar surface area (TPSA) is 102 Å². The molecule has 1 saturated carbocycles. The molecule has 1 aromatic carbocycles. The molecule has 24 heavy (non-hydrogen) atoms. The van der Waals surface area contributed by atoms with Crippen LogP contribution in [0.5, 0.6) is 0 Å². The first kappa shape index (κ1) is 14.9. The van der Waals surface area contributed by atoms with Crippen LogP contribution in [0, 0.1) is 0 Å². The van der Waals surface area contributed by atoms with E-state index < -0.39 is 5.91 Å². The molecule has 1 aliphatic carbocycles. The van der Waals surface area contributed by atoms with E-state index in [1.165, 1.54) is 6.07 Å². The van der Waals surface area contributed by atoms with E-state index >= 15 is 0 Å². The Morgan fingerprint density at radius 1 is 1.21 bits per heavy atom. The Bertz CT molecular complexity index is 797.